The molecule has 0 aliphatic carbocycles. The molecule has 2 atom stereocenters. The Hall–Kier alpha value is -2.44. The zero-order valence-electron chi connectivity index (χ0n) is 16.6. The highest BCUT2D eigenvalue weighted by molar-refractivity contribution is 5.79. The quantitative estimate of drug-likeness (QED) is 0.331. The zero-order chi connectivity index (χ0) is 20.2. The van der Waals surface area contributed by atoms with Crippen LogP contribution in [0.25, 0.3) is 0 Å². The van der Waals surface area contributed by atoms with Gasteiger partial charge in [-0.05, 0) is 43.5 Å². The van der Waals surface area contributed by atoms with E-state index in [-0.39, 0.29) is 18.5 Å². The Morgan fingerprint density at radius 1 is 1.07 bits per heavy atom. The van der Waals surface area contributed by atoms with Crippen LogP contribution in [0.4, 0.5) is 4.39 Å². The molecular weight excluding hydrogens is 357 g/mol. The maximum atomic E-state index is 13.0. The molecular formula is C22H30FN3O2. The topological polar surface area (TPSA) is 65.9 Å². The van der Waals surface area contributed by atoms with Gasteiger partial charge < -0.3 is 20.5 Å². The number of nitrogens with one attached hydrogen (secondary N) is 2. The number of rotatable bonds is 10. The Balaban J connectivity index is 1.72. The van der Waals surface area contributed by atoms with Crippen LogP contribution >= 0.6 is 0 Å². The largest absolute Gasteiger partial charge is 0.386 e. The van der Waals surface area contributed by atoms with E-state index in [2.05, 4.69) is 27.8 Å². The van der Waals surface area contributed by atoms with Crippen molar-refractivity contribution in [1.82, 2.24) is 10.6 Å². The lowest BCUT2D eigenvalue weighted by atomic mass is 10.1. The van der Waals surface area contributed by atoms with Gasteiger partial charge in [-0.15, -0.1) is 0 Å². The van der Waals surface area contributed by atoms with Gasteiger partial charge in [0.15, 0.2) is 5.96 Å². The molecule has 0 fully saturated rings. The highest BCUT2D eigenvalue weighted by Crippen LogP contribution is 2.16. The molecule has 0 bridgehead atoms. The number of aliphatic hydroxyl groups excluding tert-OH is 1. The molecule has 2 aromatic rings. The smallest absolute Gasteiger partial charge is 0.191 e. The normalized spacial score (nSPS) is 13.8. The van der Waals surface area contributed by atoms with Crippen molar-refractivity contribution in [1.29, 1.82) is 0 Å². The van der Waals surface area contributed by atoms with Crippen molar-refractivity contribution in [2.75, 3.05) is 26.2 Å². The van der Waals surface area contributed by atoms with E-state index in [0.717, 1.165) is 13.0 Å². The standard InChI is InChI=1S/C22H30FN3O2/c1-3-24-22(26-16-21(27)19-10-12-20(23)13-11-19)25-14-7-15-28-17(2)18-8-5-4-6-9-18/h4-6,8-13,17,21,27H,3,7,14-16H2,1-2H3,(H2,24,25,26). The van der Waals surface area contributed by atoms with E-state index in [1.54, 1.807) is 12.1 Å². The second kappa shape index (κ2) is 12.1. The van der Waals surface area contributed by atoms with Gasteiger partial charge >= 0.3 is 0 Å². The minimum Gasteiger partial charge on any atom is -0.386 e. The van der Waals surface area contributed by atoms with Crippen molar-refractivity contribution in [3.05, 3.63) is 71.5 Å². The summed E-state index contributed by atoms with van der Waals surface area (Å²) in [6.45, 7) is 6.30. The van der Waals surface area contributed by atoms with Gasteiger partial charge in [-0.25, -0.2) is 4.39 Å². The first-order valence-corrected chi connectivity index (χ1v) is 9.72. The molecule has 0 aromatic heterocycles. The summed E-state index contributed by atoms with van der Waals surface area (Å²) in [7, 11) is 0. The van der Waals surface area contributed by atoms with E-state index in [9.17, 15) is 9.50 Å². The predicted octanol–water partition coefficient (Wildman–Crippen LogP) is 3.58. The Bertz CT molecular complexity index is 707. The maximum Gasteiger partial charge on any atom is 0.191 e. The summed E-state index contributed by atoms with van der Waals surface area (Å²) in [6, 6.07) is 15.9. The van der Waals surface area contributed by atoms with Crippen molar-refractivity contribution in [2.24, 2.45) is 4.99 Å². The van der Waals surface area contributed by atoms with Gasteiger partial charge in [0.2, 0.25) is 0 Å². The summed E-state index contributed by atoms with van der Waals surface area (Å²) in [5.41, 5.74) is 1.81. The lowest BCUT2D eigenvalue weighted by molar-refractivity contribution is 0.0646. The molecule has 0 spiro atoms. The lowest BCUT2D eigenvalue weighted by Crippen LogP contribution is -2.38. The molecule has 0 aliphatic heterocycles. The first kappa shape index (κ1) is 21.9. The molecule has 0 saturated heterocycles. The number of aliphatic hydroxyl groups is 1. The number of hydrogen-bond acceptors (Lipinski definition) is 3. The minimum absolute atomic E-state index is 0.0639. The van der Waals surface area contributed by atoms with Crippen LogP contribution in [0.5, 0.6) is 0 Å². The van der Waals surface area contributed by atoms with Crippen LogP contribution in [0.3, 0.4) is 0 Å². The SMILES string of the molecule is CCNC(=NCC(O)c1ccc(F)cc1)NCCCOC(C)c1ccccc1. The van der Waals surface area contributed by atoms with E-state index < -0.39 is 6.10 Å². The van der Waals surface area contributed by atoms with E-state index in [4.69, 9.17) is 4.74 Å². The van der Waals surface area contributed by atoms with Crippen LogP contribution in [0.2, 0.25) is 0 Å². The number of guanidine groups is 1. The Morgan fingerprint density at radius 3 is 2.46 bits per heavy atom. The van der Waals surface area contributed by atoms with Gasteiger partial charge in [0.1, 0.15) is 5.82 Å². The first-order chi connectivity index (χ1) is 13.6. The highest BCUT2D eigenvalue weighted by Gasteiger charge is 2.08. The minimum atomic E-state index is -0.772. The van der Waals surface area contributed by atoms with E-state index in [1.165, 1.54) is 17.7 Å². The molecule has 2 rings (SSSR count). The molecule has 2 aromatic carbocycles. The van der Waals surface area contributed by atoms with Crippen molar-refractivity contribution in [2.45, 2.75) is 32.5 Å². The van der Waals surface area contributed by atoms with Crippen LogP contribution in [0, 0.1) is 5.82 Å². The number of benzene rings is 2. The van der Waals surface area contributed by atoms with Gasteiger partial charge in [0.25, 0.3) is 0 Å². The highest BCUT2D eigenvalue weighted by atomic mass is 19.1. The summed E-state index contributed by atoms with van der Waals surface area (Å²) in [5.74, 6) is 0.318. The van der Waals surface area contributed by atoms with E-state index in [0.29, 0.717) is 24.7 Å². The summed E-state index contributed by atoms with van der Waals surface area (Å²) in [6.07, 6.45) is 0.127. The maximum absolute atomic E-state index is 13.0. The van der Waals surface area contributed by atoms with Crippen LogP contribution in [0.1, 0.15) is 43.6 Å². The Labute approximate surface area is 166 Å². The number of ether oxygens (including phenoxy) is 1. The van der Waals surface area contributed by atoms with Gasteiger partial charge in [-0.3, -0.25) is 4.99 Å². The molecule has 0 heterocycles. The van der Waals surface area contributed by atoms with Crippen LogP contribution in [-0.4, -0.2) is 37.3 Å². The molecule has 0 aliphatic rings. The fourth-order valence-electron chi connectivity index (χ4n) is 2.67. The van der Waals surface area contributed by atoms with E-state index in [1.807, 2.05) is 32.0 Å². The second-order valence-corrected chi connectivity index (χ2v) is 6.49. The summed E-state index contributed by atoms with van der Waals surface area (Å²) >= 11 is 0. The first-order valence-electron chi connectivity index (χ1n) is 9.72. The average Bonchev–Trinajstić information content (AvgIpc) is 2.72. The third-order valence-electron chi connectivity index (χ3n) is 4.27. The fraction of sp³-hybridized carbons (Fsp3) is 0.409. The van der Waals surface area contributed by atoms with Gasteiger partial charge in [0, 0.05) is 19.7 Å². The van der Waals surface area contributed by atoms with Crippen LogP contribution < -0.4 is 10.6 Å². The van der Waals surface area contributed by atoms with Crippen molar-refractivity contribution >= 4 is 5.96 Å². The molecule has 28 heavy (non-hydrogen) atoms. The predicted molar refractivity (Wildman–Crippen MR) is 111 cm³/mol. The monoisotopic (exact) mass is 387 g/mol. The van der Waals surface area contributed by atoms with Gasteiger partial charge in [-0.2, -0.15) is 0 Å². The summed E-state index contributed by atoms with van der Waals surface area (Å²) < 4.78 is 18.8. The number of aliphatic imine (C=N–C) groups is 1. The van der Waals surface area contributed by atoms with Crippen LogP contribution in [0.15, 0.2) is 59.6 Å². The van der Waals surface area contributed by atoms with Crippen molar-refractivity contribution in [3.8, 4) is 0 Å². The third kappa shape index (κ3) is 7.66. The number of hydrogen-bond donors (Lipinski definition) is 3. The molecule has 3 N–H and O–H groups in total. The third-order valence-corrected chi connectivity index (χ3v) is 4.27. The molecule has 2 unspecified atom stereocenters. The number of nitrogens with zero attached hydrogens (tertiary/aromatic N) is 1. The molecule has 5 nitrogen and oxygen atoms in total. The van der Waals surface area contributed by atoms with Crippen molar-refractivity contribution < 1.29 is 14.2 Å². The van der Waals surface area contributed by atoms with Crippen molar-refractivity contribution in [3.63, 3.8) is 0 Å². The van der Waals surface area contributed by atoms with Gasteiger partial charge in [0.05, 0.1) is 18.8 Å². The van der Waals surface area contributed by atoms with E-state index >= 15 is 0 Å². The lowest BCUT2D eigenvalue weighted by Gasteiger charge is -2.15. The fourth-order valence-corrected chi connectivity index (χ4v) is 2.67. The molecule has 152 valence electrons. The number of halogens is 1. The Morgan fingerprint density at radius 2 is 1.79 bits per heavy atom. The molecule has 0 radical (unpaired) electrons. The zero-order valence-corrected chi connectivity index (χ0v) is 16.6. The summed E-state index contributed by atoms with van der Waals surface area (Å²) in [5, 5.41) is 16.6. The Kier molecular flexibility index (Phi) is 9.45. The van der Waals surface area contributed by atoms with Gasteiger partial charge in [-0.1, -0.05) is 42.5 Å². The summed E-state index contributed by atoms with van der Waals surface area (Å²) in [4.78, 5) is 4.40. The second-order valence-electron chi connectivity index (χ2n) is 6.49. The molecule has 0 amide bonds. The molecule has 6 heteroatoms. The average molecular weight is 387 g/mol. The molecule has 0 saturated carbocycles. The van der Waals surface area contributed by atoms with Crippen LogP contribution in [-0.2, 0) is 4.74 Å².